The number of benzene rings is 1. The number of hydrogen-bond acceptors (Lipinski definition) is 3. The first-order valence-electron chi connectivity index (χ1n) is 9.45. The highest BCUT2D eigenvalue weighted by molar-refractivity contribution is 7.92. The molecule has 2 bridgehead atoms. The van der Waals surface area contributed by atoms with Crippen LogP contribution in [0.5, 0.6) is 0 Å². The van der Waals surface area contributed by atoms with E-state index in [-0.39, 0.29) is 22.8 Å². The Hall–Kier alpha value is -1.56. The zero-order valence-electron chi connectivity index (χ0n) is 16.0. The first kappa shape index (κ1) is 17.8. The third-order valence-corrected chi connectivity index (χ3v) is 8.87. The second kappa shape index (κ2) is 5.47. The normalized spacial score (nSPS) is 31.9. The maximum Gasteiger partial charge on any atom is 0.251 e. The quantitative estimate of drug-likeness (QED) is 0.882. The lowest BCUT2D eigenvalue weighted by Crippen LogP contribution is -2.46. The molecule has 1 N–H and O–H groups in total. The first-order chi connectivity index (χ1) is 12.0. The van der Waals surface area contributed by atoms with Crippen molar-refractivity contribution in [1.29, 1.82) is 0 Å². The molecule has 0 spiro atoms. The van der Waals surface area contributed by atoms with E-state index >= 15 is 0 Å². The maximum absolute atomic E-state index is 12.9. The molecule has 0 aromatic heterocycles. The van der Waals surface area contributed by atoms with Gasteiger partial charge in [-0.15, -0.1) is 0 Å². The van der Waals surface area contributed by atoms with Gasteiger partial charge < -0.3 is 5.32 Å². The monoisotopic (exact) mass is 376 g/mol. The van der Waals surface area contributed by atoms with E-state index in [9.17, 15) is 13.2 Å². The Morgan fingerprint density at radius 1 is 1.27 bits per heavy atom. The molecular weight excluding hydrogens is 348 g/mol. The van der Waals surface area contributed by atoms with Gasteiger partial charge in [0.05, 0.1) is 11.9 Å². The maximum atomic E-state index is 12.9. The summed E-state index contributed by atoms with van der Waals surface area (Å²) in [4.78, 5) is 12.9. The molecule has 142 valence electrons. The Morgan fingerprint density at radius 2 is 2.00 bits per heavy atom. The number of amides is 1. The number of nitrogens with zero attached hydrogens (tertiary/aromatic N) is 1. The number of carbonyl (C=O) groups excluding carboxylic acids is 1. The predicted molar refractivity (Wildman–Crippen MR) is 103 cm³/mol. The van der Waals surface area contributed by atoms with Crippen molar-refractivity contribution in [2.45, 2.75) is 52.5 Å². The number of anilines is 1. The highest BCUT2D eigenvalue weighted by Crippen LogP contribution is 2.65. The predicted octanol–water partition coefficient (Wildman–Crippen LogP) is 2.95. The molecule has 1 aromatic carbocycles. The van der Waals surface area contributed by atoms with Crippen LogP contribution in [0.1, 0.15) is 56.0 Å². The third kappa shape index (κ3) is 2.41. The number of carbonyl (C=O) groups is 1. The highest BCUT2D eigenvalue weighted by atomic mass is 32.2. The fourth-order valence-corrected chi connectivity index (χ4v) is 6.48. The van der Waals surface area contributed by atoms with Gasteiger partial charge in [-0.2, -0.15) is 0 Å². The van der Waals surface area contributed by atoms with E-state index in [0.29, 0.717) is 30.1 Å². The zero-order valence-corrected chi connectivity index (χ0v) is 16.8. The summed E-state index contributed by atoms with van der Waals surface area (Å²) in [6.07, 6.45) is 5.36. The van der Waals surface area contributed by atoms with Crippen LogP contribution in [0, 0.1) is 16.7 Å². The van der Waals surface area contributed by atoms with Gasteiger partial charge in [-0.1, -0.05) is 20.8 Å². The van der Waals surface area contributed by atoms with Crippen molar-refractivity contribution in [3.05, 3.63) is 29.3 Å². The van der Waals surface area contributed by atoms with Crippen LogP contribution in [0.4, 0.5) is 5.69 Å². The Kier molecular flexibility index (Phi) is 3.75. The first-order valence-corrected chi connectivity index (χ1v) is 11.3. The number of rotatable bonds is 3. The van der Waals surface area contributed by atoms with Gasteiger partial charge in [0.2, 0.25) is 10.0 Å². The largest absolute Gasteiger partial charge is 0.349 e. The topological polar surface area (TPSA) is 66.5 Å². The van der Waals surface area contributed by atoms with Crippen molar-refractivity contribution in [2.75, 3.05) is 17.1 Å². The molecule has 1 heterocycles. The standard InChI is InChI=1S/C20H28N2O3S/c1-19(2)15-7-9-20(19,3)17(12-15)21-18(23)14-5-6-16-13(11-14)8-10-22(16)26(4,24)25/h5-6,11,15,17H,7-10,12H2,1-4H3,(H,21,23). The molecule has 1 aliphatic heterocycles. The highest BCUT2D eigenvalue weighted by Gasteiger charge is 2.61. The van der Waals surface area contributed by atoms with Gasteiger partial charge in [0.15, 0.2) is 0 Å². The van der Waals surface area contributed by atoms with Gasteiger partial charge >= 0.3 is 0 Å². The van der Waals surface area contributed by atoms with E-state index in [2.05, 4.69) is 26.1 Å². The Bertz CT molecular complexity index is 877. The zero-order chi connectivity index (χ0) is 18.9. The minimum Gasteiger partial charge on any atom is -0.349 e. The number of nitrogens with one attached hydrogen (secondary N) is 1. The van der Waals surface area contributed by atoms with E-state index in [1.54, 1.807) is 12.1 Å². The van der Waals surface area contributed by atoms with Crippen molar-refractivity contribution < 1.29 is 13.2 Å². The van der Waals surface area contributed by atoms with Gasteiger partial charge in [-0.25, -0.2) is 8.42 Å². The molecule has 6 heteroatoms. The summed E-state index contributed by atoms with van der Waals surface area (Å²) >= 11 is 0. The lowest BCUT2D eigenvalue weighted by molar-refractivity contribution is 0.0826. The summed E-state index contributed by atoms with van der Waals surface area (Å²) in [7, 11) is -3.26. The van der Waals surface area contributed by atoms with E-state index in [1.165, 1.54) is 23.4 Å². The molecule has 3 atom stereocenters. The smallest absolute Gasteiger partial charge is 0.251 e. The summed E-state index contributed by atoms with van der Waals surface area (Å²) in [5.74, 6) is 0.640. The van der Waals surface area contributed by atoms with Crippen molar-refractivity contribution in [1.82, 2.24) is 5.32 Å². The average molecular weight is 377 g/mol. The van der Waals surface area contributed by atoms with Crippen molar-refractivity contribution in [3.63, 3.8) is 0 Å². The number of fused-ring (bicyclic) bond motifs is 3. The summed E-state index contributed by atoms with van der Waals surface area (Å²) in [6.45, 7) is 7.45. The van der Waals surface area contributed by atoms with Crippen LogP contribution in [0.3, 0.4) is 0 Å². The molecule has 3 aliphatic rings. The van der Waals surface area contributed by atoms with Gasteiger partial charge in [-0.3, -0.25) is 9.10 Å². The van der Waals surface area contributed by atoms with Crippen LogP contribution >= 0.6 is 0 Å². The van der Waals surface area contributed by atoms with Crippen molar-refractivity contribution >= 4 is 21.6 Å². The molecule has 3 unspecified atom stereocenters. The van der Waals surface area contributed by atoms with E-state index in [1.807, 2.05) is 6.07 Å². The molecule has 4 rings (SSSR count). The van der Waals surface area contributed by atoms with Crippen LogP contribution in [-0.4, -0.2) is 33.2 Å². The van der Waals surface area contributed by atoms with Crippen LogP contribution < -0.4 is 9.62 Å². The summed E-state index contributed by atoms with van der Waals surface area (Å²) in [5.41, 5.74) is 2.68. The molecule has 0 saturated heterocycles. The Balaban J connectivity index is 1.54. The van der Waals surface area contributed by atoms with E-state index < -0.39 is 10.0 Å². The minimum absolute atomic E-state index is 0.0415. The Morgan fingerprint density at radius 3 is 2.58 bits per heavy atom. The summed E-state index contributed by atoms with van der Waals surface area (Å²) in [6, 6.07) is 5.59. The lowest BCUT2D eigenvalue weighted by Gasteiger charge is -2.39. The molecule has 2 saturated carbocycles. The van der Waals surface area contributed by atoms with Gasteiger partial charge in [0.25, 0.3) is 5.91 Å². The minimum atomic E-state index is -3.26. The van der Waals surface area contributed by atoms with Crippen molar-refractivity contribution in [2.24, 2.45) is 16.7 Å². The fraction of sp³-hybridized carbons (Fsp3) is 0.650. The van der Waals surface area contributed by atoms with E-state index in [0.717, 1.165) is 12.0 Å². The molecule has 26 heavy (non-hydrogen) atoms. The fourth-order valence-electron chi connectivity index (χ4n) is 5.52. The number of sulfonamides is 1. The molecule has 2 fully saturated rings. The molecule has 1 aromatic rings. The molecular formula is C20H28N2O3S. The van der Waals surface area contributed by atoms with Gasteiger partial charge in [0.1, 0.15) is 0 Å². The molecule has 0 radical (unpaired) electrons. The summed E-state index contributed by atoms with van der Waals surface area (Å²) in [5, 5.41) is 3.28. The molecule has 2 aliphatic carbocycles. The van der Waals surface area contributed by atoms with Gasteiger partial charge in [-0.05, 0) is 66.2 Å². The van der Waals surface area contributed by atoms with Crippen LogP contribution in [0.2, 0.25) is 0 Å². The summed E-state index contributed by atoms with van der Waals surface area (Å²) < 4.78 is 25.1. The van der Waals surface area contributed by atoms with Crippen LogP contribution in [0.25, 0.3) is 0 Å². The van der Waals surface area contributed by atoms with Crippen LogP contribution in [-0.2, 0) is 16.4 Å². The van der Waals surface area contributed by atoms with E-state index in [4.69, 9.17) is 0 Å². The number of hydrogen-bond donors (Lipinski definition) is 1. The van der Waals surface area contributed by atoms with Crippen molar-refractivity contribution in [3.8, 4) is 0 Å². The second-order valence-corrected chi connectivity index (χ2v) is 11.0. The van der Waals surface area contributed by atoms with Crippen LogP contribution in [0.15, 0.2) is 18.2 Å². The average Bonchev–Trinajstić information content (AvgIpc) is 3.13. The third-order valence-electron chi connectivity index (χ3n) is 7.69. The second-order valence-electron chi connectivity index (χ2n) is 9.07. The van der Waals surface area contributed by atoms with Gasteiger partial charge in [0, 0.05) is 18.2 Å². The SMILES string of the molecule is CC1(C)C2CCC1(C)C(NC(=O)c1ccc3c(c1)CCN3S(C)(=O)=O)C2. The Labute approximate surface area is 156 Å². The lowest BCUT2D eigenvalue weighted by atomic mass is 9.69. The molecule has 5 nitrogen and oxygen atoms in total. The molecule has 1 amide bonds.